The molecule has 134 valence electrons. The van der Waals surface area contributed by atoms with Crippen LogP contribution in [0, 0.1) is 5.41 Å². The average Bonchev–Trinajstić information content (AvgIpc) is 2.92. The zero-order chi connectivity index (χ0) is 17.4. The predicted octanol–water partition coefficient (Wildman–Crippen LogP) is 2.40. The van der Waals surface area contributed by atoms with Crippen molar-refractivity contribution in [2.75, 3.05) is 25.5 Å². The van der Waals surface area contributed by atoms with Gasteiger partial charge in [-0.15, -0.1) is 11.3 Å². The third-order valence-electron chi connectivity index (χ3n) is 5.65. The molecular formula is C17H24N6OS. The Morgan fingerprint density at radius 1 is 1.44 bits per heavy atom. The van der Waals surface area contributed by atoms with E-state index in [1.54, 1.807) is 22.2 Å². The van der Waals surface area contributed by atoms with Crippen molar-refractivity contribution in [1.82, 2.24) is 24.6 Å². The number of nitrogens with zero attached hydrogens (tertiary/aromatic N) is 5. The van der Waals surface area contributed by atoms with E-state index in [2.05, 4.69) is 27.3 Å². The zero-order valence-corrected chi connectivity index (χ0v) is 15.5. The van der Waals surface area contributed by atoms with Gasteiger partial charge in [0.05, 0.1) is 12.7 Å². The smallest absolute Gasteiger partial charge is 0.322 e. The van der Waals surface area contributed by atoms with Crippen molar-refractivity contribution < 1.29 is 4.79 Å². The molecule has 8 heteroatoms. The van der Waals surface area contributed by atoms with Gasteiger partial charge >= 0.3 is 6.03 Å². The summed E-state index contributed by atoms with van der Waals surface area (Å²) in [4.78, 5) is 21.2. The van der Waals surface area contributed by atoms with Gasteiger partial charge in [0.2, 0.25) is 0 Å². The predicted molar refractivity (Wildman–Crippen MR) is 97.5 cm³/mol. The summed E-state index contributed by atoms with van der Waals surface area (Å²) < 4.78 is 1.67. The highest BCUT2D eigenvalue weighted by Gasteiger charge is 2.56. The lowest BCUT2D eigenvalue weighted by Crippen LogP contribution is -2.43. The lowest BCUT2D eigenvalue weighted by Gasteiger charge is -2.34. The number of thiazole rings is 1. The molecule has 3 heterocycles. The lowest BCUT2D eigenvalue weighted by atomic mass is 9.92. The van der Waals surface area contributed by atoms with Gasteiger partial charge in [0, 0.05) is 43.8 Å². The standard InChI is InChI=1S/C17H24N6OS/c1-21(12-15-18-7-10-25-15)13-11-17(13)4-8-23(9-5-17)16(24)20-14-3-6-19-22(14)2/h3,6-7,10,13H,4-5,8-9,11-12H2,1-2H3,(H,20,24)/t13-/m0/s1. The number of amides is 2. The fraction of sp³-hybridized carbons (Fsp3) is 0.588. The molecule has 2 fully saturated rings. The number of urea groups is 1. The van der Waals surface area contributed by atoms with E-state index in [9.17, 15) is 4.79 Å². The fourth-order valence-corrected chi connectivity index (χ4v) is 4.66. The van der Waals surface area contributed by atoms with E-state index in [1.165, 1.54) is 11.4 Å². The first-order valence-corrected chi connectivity index (χ1v) is 9.58. The molecular weight excluding hydrogens is 336 g/mol. The summed E-state index contributed by atoms with van der Waals surface area (Å²) in [5.74, 6) is 0.734. The van der Waals surface area contributed by atoms with E-state index in [0.717, 1.165) is 38.3 Å². The summed E-state index contributed by atoms with van der Waals surface area (Å²) in [6, 6.07) is 2.42. The number of piperidine rings is 1. The first kappa shape index (κ1) is 16.5. The Balaban J connectivity index is 1.29. The van der Waals surface area contributed by atoms with E-state index >= 15 is 0 Å². The Hall–Kier alpha value is -1.93. The average molecular weight is 360 g/mol. The molecule has 1 atom stereocenters. The van der Waals surface area contributed by atoms with Crippen molar-refractivity contribution in [2.24, 2.45) is 12.5 Å². The first-order valence-electron chi connectivity index (χ1n) is 8.70. The molecule has 1 aliphatic heterocycles. The number of aryl methyl sites for hydroxylation is 1. The molecule has 4 rings (SSSR count). The number of aromatic nitrogens is 3. The summed E-state index contributed by atoms with van der Waals surface area (Å²) in [6.45, 7) is 2.57. The molecule has 2 aliphatic rings. The Bertz CT molecular complexity index is 734. The number of hydrogen-bond acceptors (Lipinski definition) is 5. The third-order valence-corrected chi connectivity index (χ3v) is 6.41. The minimum Gasteiger partial charge on any atom is -0.324 e. The number of carbonyl (C=O) groups is 1. The van der Waals surface area contributed by atoms with E-state index in [4.69, 9.17) is 0 Å². The van der Waals surface area contributed by atoms with Gasteiger partial charge in [-0.2, -0.15) is 5.10 Å². The Kier molecular flexibility index (Phi) is 4.24. The summed E-state index contributed by atoms with van der Waals surface area (Å²) in [7, 11) is 4.02. The molecule has 2 amide bonds. The van der Waals surface area contributed by atoms with Crippen LogP contribution in [0.5, 0.6) is 0 Å². The van der Waals surface area contributed by atoms with E-state index in [0.29, 0.717) is 11.5 Å². The monoisotopic (exact) mass is 360 g/mol. The van der Waals surface area contributed by atoms with Gasteiger partial charge in [-0.1, -0.05) is 0 Å². The first-order chi connectivity index (χ1) is 12.1. The number of hydrogen-bond donors (Lipinski definition) is 1. The molecule has 1 N–H and O–H groups in total. The van der Waals surface area contributed by atoms with Crippen LogP contribution in [-0.4, -0.2) is 56.8 Å². The molecule has 7 nitrogen and oxygen atoms in total. The molecule has 0 unspecified atom stereocenters. The van der Waals surface area contributed by atoms with Gasteiger partial charge in [-0.3, -0.25) is 14.9 Å². The van der Waals surface area contributed by atoms with E-state index in [1.807, 2.05) is 29.6 Å². The molecule has 0 bridgehead atoms. The van der Waals surface area contributed by atoms with E-state index < -0.39 is 0 Å². The molecule has 1 saturated carbocycles. The highest BCUT2D eigenvalue weighted by molar-refractivity contribution is 7.09. The van der Waals surface area contributed by atoms with E-state index in [-0.39, 0.29) is 6.03 Å². The van der Waals surface area contributed by atoms with Crippen molar-refractivity contribution in [3.05, 3.63) is 28.8 Å². The van der Waals surface area contributed by atoms with Crippen molar-refractivity contribution in [3.8, 4) is 0 Å². The van der Waals surface area contributed by atoms with Crippen molar-refractivity contribution in [1.29, 1.82) is 0 Å². The van der Waals surface area contributed by atoms with Gasteiger partial charge < -0.3 is 4.90 Å². The maximum absolute atomic E-state index is 12.4. The highest BCUT2D eigenvalue weighted by atomic mass is 32.1. The summed E-state index contributed by atoms with van der Waals surface area (Å²) in [6.07, 6.45) is 6.97. The number of anilines is 1. The lowest BCUT2D eigenvalue weighted by molar-refractivity contribution is 0.156. The number of likely N-dealkylation sites (tertiary alicyclic amines) is 1. The van der Waals surface area contributed by atoms with Crippen LogP contribution < -0.4 is 5.32 Å². The fourth-order valence-electron chi connectivity index (χ4n) is 3.98. The van der Waals surface area contributed by atoms with Gasteiger partial charge in [0.25, 0.3) is 0 Å². The summed E-state index contributed by atoms with van der Waals surface area (Å²) >= 11 is 1.72. The summed E-state index contributed by atoms with van der Waals surface area (Å²) in [5.41, 5.74) is 0.398. The Morgan fingerprint density at radius 3 is 2.88 bits per heavy atom. The largest absolute Gasteiger partial charge is 0.324 e. The van der Waals surface area contributed by atoms with Crippen LogP contribution in [0.3, 0.4) is 0 Å². The van der Waals surface area contributed by atoms with Crippen molar-refractivity contribution in [3.63, 3.8) is 0 Å². The minimum atomic E-state index is -0.0215. The summed E-state index contributed by atoms with van der Waals surface area (Å²) in [5, 5.41) is 10.2. The van der Waals surface area contributed by atoms with Crippen LogP contribution in [0.25, 0.3) is 0 Å². The second kappa shape index (κ2) is 6.42. The van der Waals surface area contributed by atoms with Gasteiger partial charge in [0.15, 0.2) is 0 Å². The molecule has 25 heavy (non-hydrogen) atoms. The SMILES string of the molecule is CN(Cc1nccs1)[C@H]1CC12CCN(C(=O)Nc1ccnn1C)CC2. The second-order valence-corrected chi connectivity index (χ2v) is 8.16. The third kappa shape index (κ3) is 3.28. The van der Waals surface area contributed by atoms with Crippen LogP contribution in [0.15, 0.2) is 23.8 Å². The highest BCUT2D eigenvalue weighted by Crippen LogP contribution is 2.56. The van der Waals surface area contributed by atoms with Gasteiger partial charge in [0.1, 0.15) is 10.8 Å². The maximum Gasteiger partial charge on any atom is 0.322 e. The van der Waals surface area contributed by atoms with Crippen molar-refractivity contribution >= 4 is 23.2 Å². The van der Waals surface area contributed by atoms with Gasteiger partial charge in [-0.25, -0.2) is 9.78 Å². The number of rotatable bonds is 4. The molecule has 2 aromatic heterocycles. The zero-order valence-electron chi connectivity index (χ0n) is 14.7. The topological polar surface area (TPSA) is 66.3 Å². The minimum absolute atomic E-state index is 0.0215. The van der Waals surface area contributed by atoms with Crippen LogP contribution in [0.2, 0.25) is 0 Å². The molecule has 0 radical (unpaired) electrons. The van der Waals surface area contributed by atoms with Crippen LogP contribution in [0.1, 0.15) is 24.3 Å². The maximum atomic E-state index is 12.4. The second-order valence-electron chi connectivity index (χ2n) is 7.18. The van der Waals surface area contributed by atoms with Crippen molar-refractivity contribution in [2.45, 2.75) is 31.8 Å². The molecule has 0 aromatic carbocycles. The molecule has 1 saturated heterocycles. The quantitative estimate of drug-likeness (QED) is 0.909. The normalized spacial score (nSPS) is 21.7. The Morgan fingerprint density at radius 2 is 2.24 bits per heavy atom. The van der Waals surface area contributed by atoms with Gasteiger partial charge in [-0.05, 0) is 31.7 Å². The molecule has 2 aromatic rings. The Labute approximate surface area is 151 Å². The molecule has 1 aliphatic carbocycles. The number of carbonyl (C=O) groups excluding carboxylic acids is 1. The van der Waals surface area contributed by atoms with Crippen LogP contribution in [-0.2, 0) is 13.6 Å². The van der Waals surface area contributed by atoms with Crippen LogP contribution in [0.4, 0.5) is 10.6 Å². The number of nitrogens with one attached hydrogen (secondary N) is 1. The van der Waals surface area contributed by atoms with Crippen LogP contribution >= 0.6 is 11.3 Å². The molecule has 1 spiro atoms.